The first-order chi connectivity index (χ1) is 9.89. The standard InChI is InChI=1S/C14H23N7/c1-6-16-11-17-12(20(5)9-14(2,3)4)19-13(18-11)21-8-7-15-10-21/h7-8,10H,6,9H2,1-5H3,(H,16,17,18,19). The molecule has 0 spiro atoms. The Hall–Kier alpha value is -2.18. The summed E-state index contributed by atoms with van der Waals surface area (Å²) in [5, 5.41) is 3.15. The first-order valence-corrected chi connectivity index (χ1v) is 7.08. The molecule has 0 unspecified atom stereocenters. The van der Waals surface area contributed by atoms with Crippen LogP contribution in [-0.4, -0.2) is 44.6 Å². The van der Waals surface area contributed by atoms with Gasteiger partial charge in [0.15, 0.2) is 0 Å². The molecular formula is C14H23N7. The Morgan fingerprint density at radius 2 is 2.00 bits per heavy atom. The van der Waals surface area contributed by atoms with Crippen molar-refractivity contribution in [2.45, 2.75) is 27.7 Å². The molecule has 114 valence electrons. The predicted molar refractivity (Wildman–Crippen MR) is 83.8 cm³/mol. The third-order valence-corrected chi connectivity index (χ3v) is 2.73. The molecule has 0 fully saturated rings. The van der Waals surface area contributed by atoms with Gasteiger partial charge in [-0.05, 0) is 12.3 Å². The summed E-state index contributed by atoms with van der Waals surface area (Å²) >= 11 is 0. The van der Waals surface area contributed by atoms with Crippen LogP contribution in [-0.2, 0) is 0 Å². The van der Waals surface area contributed by atoms with E-state index in [4.69, 9.17) is 0 Å². The van der Waals surface area contributed by atoms with Crippen LogP contribution in [0, 0.1) is 5.41 Å². The molecule has 0 atom stereocenters. The van der Waals surface area contributed by atoms with Gasteiger partial charge in [0.1, 0.15) is 6.33 Å². The van der Waals surface area contributed by atoms with Gasteiger partial charge in [-0.15, -0.1) is 0 Å². The van der Waals surface area contributed by atoms with E-state index in [0.29, 0.717) is 17.8 Å². The van der Waals surface area contributed by atoms with Gasteiger partial charge in [0.25, 0.3) is 0 Å². The number of nitrogens with zero attached hydrogens (tertiary/aromatic N) is 6. The number of aromatic nitrogens is 5. The van der Waals surface area contributed by atoms with Crippen molar-refractivity contribution in [1.82, 2.24) is 24.5 Å². The molecule has 7 nitrogen and oxygen atoms in total. The Labute approximate surface area is 125 Å². The number of hydrogen-bond donors (Lipinski definition) is 1. The largest absolute Gasteiger partial charge is 0.354 e. The van der Waals surface area contributed by atoms with Gasteiger partial charge in [-0.1, -0.05) is 20.8 Å². The Morgan fingerprint density at radius 3 is 2.57 bits per heavy atom. The van der Waals surface area contributed by atoms with Crippen molar-refractivity contribution in [3.05, 3.63) is 18.7 Å². The first kappa shape index (κ1) is 15.2. The summed E-state index contributed by atoms with van der Waals surface area (Å²) < 4.78 is 1.77. The van der Waals surface area contributed by atoms with Crippen molar-refractivity contribution >= 4 is 11.9 Å². The van der Waals surface area contributed by atoms with Crippen LogP contribution in [0.4, 0.5) is 11.9 Å². The van der Waals surface area contributed by atoms with Crippen LogP contribution in [0.15, 0.2) is 18.7 Å². The van der Waals surface area contributed by atoms with Gasteiger partial charge >= 0.3 is 0 Å². The molecule has 0 radical (unpaired) electrons. The second kappa shape index (κ2) is 6.07. The van der Waals surface area contributed by atoms with Gasteiger partial charge in [0.2, 0.25) is 17.8 Å². The monoisotopic (exact) mass is 289 g/mol. The normalized spacial score (nSPS) is 11.5. The smallest absolute Gasteiger partial charge is 0.241 e. The lowest BCUT2D eigenvalue weighted by Crippen LogP contribution is -2.31. The summed E-state index contributed by atoms with van der Waals surface area (Å²) in [6.45, 7) is 10.2. The fourth-order valence-corrected chi connectivity index (χ4v) is 2.04. The summed E-state index contributed by atoms with van der Waals surface area (Å²) in [6.07, 6.45) is 5.20. The second-order valence-electron chi connectivity index (χ2n) is 6.18. The van der Waals surface area contributed by atoms with E-state index in [1.54, 1.807) is 17.1 Å². The highest BCUT2D eigenvalue weighted by atomic mass is 15.3. The molecule has 0 amide bonds. The molecule has 0 aliphatic rings. The zero-order valence-corrected chi connectivity index (χ0v) is 13.3. The van der Waals surface area contributed by atoms with Crippen LogP contribution < -0.4 is 10.2 Å². The molecule has 0 aromatic carbocycles. The molecule has 7 heteroatoms. The van der Waals surface area contributed by atoms with E-state index in [1.807, 2.05) is 25.1 Å². The first-order valence-electron chi connectivity index (χ1n) is 7.08. The van der Waals surface area contributed by atoms with Gasteiger partial charge < -0.3 is 10.2 Å². The number of hydrogen-bond acceptors (Lipinski definition) is 6. The van der Waals surface area contributed by atoms with E-state index in [2.05, 4.69) is 46.0 Å². The van der Waals surface area contributed by atoms with Crippen molar-refractivity contribution in [2.75, 3.05) is 30.4 Å². The van der Waals surface area contributed by atoms with E-state index in [-0.39, 0.29) is 5.41 Å². The van der Waals surface area contributed by atoms with Gasteiger partial charge in [-0.2, -0.15) is 15.0 Å². The van der Waals surface area contributed by atoms with Crippen molar-refractivity contribution in [3.63, 3.8) is 0 Å². The summed E-state index contributed by atoms with van der Waals surface area (Å²) in [5.74, 6) is 1.79. The van der Waals surface area contributed by atoms with E-state index < -0.39 is 0 Å². The van der Waals surface area contributed by atoms with Gasteiger partial charge in [0, 0.05) is 32.5 Å². The number of rotatable bonds is 5. The fourth-order valence-electron chi connectivity index (χ4n) is 2.04. The van der Waals surface area contributed by atoms with Crippen LogP contribution in [0.1, 0.15) is 27.7 Å². The summed E-state index contributed by atoms with van der Waals surface area (Å²) in [6, 6.07) is 0. The molecule has 2 aromatic heterocycles. The summed E-state index contributed by atoms with van der Waals surface area (Å²) in [5.41, 5.74) is 0.162. The van der Waals surface area contributed by atoms with Crippen molar-refractivity contribution < 1.29 is 0 Å². The molecule has 0 bridgehead atoms. The van der Waals surface area contributed by atoms with Gasteiger partial charge in [-0.25, -0.2) is 4.98 Å². The van der Waals surface area contributed by atoms with E-state index in [0.717, 1.165) is 13.1 Å². The third-order valence-electron chi connectivity index (χ3n) is 2.73. The average molecular weight is 289 g/mol. The van der Waals surface area contributed by atoms with Crippen LogP contribution in [0.2, 0.25) is 0 Å². The Bertz CT molecular complexity index is 572. The zero-order chi connectivity index (χ0) is 15.5. The summed E-state index contributed by atoms with van der Waals surface area (Å²) in [4.78, 5) is 19.5. The predicted octanol–water partition coefficient (Wildman–Crippen LogP) is 1.97. The van der Waals surface area contributed by atoms with Crippen LogP contribution in [0.25, 0.3) is 5.95 Å². The summed E-state index contributed by atoms with van der Waals surface area (Å²) in [7, 11) is 1.99. The maximum absolute atomic E-state index is 4.53. The minimum atomic E-state index is 0.162. The van der Waals surface area contributed by atoms with Crippen LogP contribution >= 0.6 is 0 Å². The van der Waals surface area contributed by atoms with Crippen molar-refractivity contribution in [3.8, 4) is 5.95 Å². The fraction of sp³-hybridized carbons (Fsp3) is 0.571. The maximum atomic E-state index is 4.53. The molecule has 21 heavy (non-hydrogen) atoms. The Kier molecular flexibility index (Phi) is 4.40. The number of anilines is 2. The zero-order valence-electron chi connectivity index (χ0n) is 13.3. The van der Waals surface area contributed by atoms with Crippen LogP contribution in [0.5, 0.6) is 0 Å². The Balaban J connectivity index is 2.36. The maximum Gasteiger partial charge on any atom is 0.241 e. The molecule has 2 heterocycles. The molecule has 0 aliphatic heterocycles. The minimum Gasteiger partial charge on any atom is -0.354 e. The quantitative estimate of drug-likeness (QED) is 0.907. The topological polar surface area (TPSA) is 71.8 Å². The van der Waals surface area contributed by atoms with Gasteiger partial charge in [-0.3, -0.25) is 4.57 Å². The highest BCUT2D eigenvalue weighted by molar-refractivity contribution is 5.39. The Morgan fingerprint density at radius 1 is 1.24 bits per heavy atom. The van der Waals surface area contributed by atoms with E-state index in [9.17, 15) is 0 Å². The van der Waals surface area contributed by atoms with E-state index in [1.165, 1.54) is 0 Å². The van der Waals surface area contributed by atoms with Crippen LogP contribution in [0.3, 0.4) is 0 Å². The molecule has 0 saturated heterocycles. The van der Waals surface area contributed by atoms with E-state index >= 15 is 0 Å². The molecule has 1 N–H and O–H groups in total. The SMILES string of the molecule is CCNc1nc(N(C)CC(C)(C)C)nc(-n2ccnc2)n1. The number of imidazole rings is 1. The third kappa shape index (κ3) is 4.14. The van der Waals surface area contributed by atoms with Gasteiger partial charge in [0.05, 0.1) is 0 Å². The van der Waals surface area contributed by atoms with Crippen molar-refractivity contribution in [2.24, 2.45) is 5.41 Å². The van der Waals surface area contributed by atoms with Crippen molar-refractivity contribution in [1.29, 1.82) is 0 Å². The molecular weight excluding hydrogens is 266 g/mol. The lowest BCUT2D eigenvalue weighted by atomic mass is 9.96. The molecule has 0 saturated carbocycles. The lowest BCUT2D eigenvalue weighted by molar-refractivity contribution is 0.416. The second-order valence-corrected chi connectivity index (χ2v) is 6.18. The lowest BCUT2D eigenvalue weighted by Gasteiger charge is -2.26. The minimum absolute atomic E-state index is 0.162. The molecule has 2 aromatic rings. The molecule has 2 rings (SSSR count). The average Bonchev–Trinajstić information content (AvgIpc) is 2.90. The number of nitrogens with one attached hydrogen (secondary N) is 1. The molecule has 0 aliphatic carbocycles. The highest BCUT2D eigenvalue weighted by Crippen LogP contribution is 2.19. The highest BCUT2D eigenvalue weighted by Gasteiger charge is 2.17.